The summed E-state index contributed by atoms with van der Waals surface area (Å²) in [5.74, 6) is 4.74. The molecule has 1 amide bonds. The van der Waals surface area contributed by atoms with E-state index >= 15 is 0 Å². The molecule has 2 atom stereocenters. The molecule has 4 bridgehead atoms. The van der Waals surface area contributed by atoms with Crippen LogP contribution >= 0.6 is 0 Å². The maximum atomic E-state index is 13.1. The molecule has 1 aliphatic heterocycles. The summed E-state index contributed by atoms with van der Waals surface area (Å²) in [5, 5.41) is 3.37. The molecule has 6 heteroatoms. The van der Waals surface area contributed by atoms with E-state index in [-0.39, 0.29) is 23.1 Å². The van der Waals surface area contributed by atoms with Crippen LogP contribution < -0.4 is 14.8 Å². The Kier molecular flexibility index (Phi) is 5.36. The third kappa shape index (κ3) is 3.60. The molecule has 1 saturated heterocycles. The quantitative estimate of drug-likeness (QED) is 0.660. The number of carbonyl (C=O) groups excluding carboxylic acids is 1. The molecule has 1 heterocycles. The second kappa shape index (κ2) is 8.18. The van der Waals surface area contributed by atoms with Gasteiger partial charge in [-0.1, -0.05) is 6.07 Å². The summed E-state index contributed by atoms with van der Waals surface area (Å²) in [6.07, 6.45) is 12.3. The van der Waals surface area contributed by atoms with Gasteiger partial charge in [0.05, 0.1) is 14.2 Å². The van der Waals surface area contributed by atoms with Gasteiger partial charge in [0.15, 0.2) is 11.5 Å². The highest BCUT2D eigenvalue weighted by molar-refractivity contribution is 5.70. The summed E-state index contributed by atoms with van der Waals surface area (Å²) >= 11 is 0. The number of rotatable bonds is 5. The smallest absolute Gasteiger partial charge is 0.412 e. The number of hydrogen-bond donors (Lipinski definition) is 1. The van der Waals surface area contributed by atoms with Crippen molar-refractivity contribution < 1.29 is 19.0 Å². The van der Waals surface area contributed by atoms with Crippen molar-refractivity contribution >= 4 is 6.09 Å². The van der Waals surface area contributed by atoms with Gasteiger partial charge in [0.2, 0.25) is 0 Å². The largest absolute Gasteiger partial charge is 0.493 e. The maximum absolute atomic E-state index is 13.1. The van der Waals surface area contributed by atoms with Gasteiger partial charge in [0.1, 0.15) is 5.76 Å². The number of amides is 1. The summed E-state index contributed by atoms with van der Waals surface area (Å²) in [4.78, 5) is 15.4. The van der Waals surface area contributed by atoms with Gasteiger partial charge in [0, 0.05) is 23.4 Å². The lowest BCUT2D eigenvalue weighted by Gasteiger charge is -2.56. The number of methoxy groups -OCH3 is 2. The van der Waals surface area contributed by atoms with Gasteiger partial charge in [-0.05, 0) is 106 Å². The van der Waals surface area contributed by atoms with Crippen LogP contribution in [-0.2, 0) is 10.2 Å². The Morgan fingerprint density at radius 2 is 1.68 bits per heavy atom. The van der Waals surface area contributed by atoms with Crippen molar-refractivity contribution in [2.45, 2.75) is 74.8 Å². The molecule has 5 fully saturated rings. The van der Waals surface area contributed by atoms with Crippen LogP contribution in [0.25, 0.3) is 0 Å². The predicted octanol–water partition coefficient (Wildman–Crippen LogP) is 5.02. The van der Waals surface area contributed by atoms with Gasteiger partial charge in [-0.15, -0.1) is 0 Å². The number of nitrogens with zero attached hydrogens (tertiary/aromatic N) is 1. The number of hydrogen-bond acceptors (Lipinski definition) is 5. The first kappa shape index (κ1) is 22.3. The Morgan fingerprint density at radius 1 is 1.00 bits per heavy atom. The molecule has 34 heavy (non-hydrogen) atoms. The molecule has 0 radical (unpaired) electrons. The fourth-order valence-electron chi connectivity index (χ4n) is 8.57. The van der Waals surface area contributed by atoms with E-state index < -0.39 is 0 Å². The van der Waals surface area contributed by atoms with Crippen molar-refractivity contribution in [2.75, 3.05) is 27.8 Å². The number of ether oxygens (including phenoxy) is 3. The molecule has 6 aliphatic rings. The number of nitrogens with one attached hydrogen (secondary N) is 1. The summed E-state index contributed by atoms with van der Waals surface area (Å²) in [7, 11) is 5.53. The molecular formula is C28H38N2O4. The lowest BCUT2D eigenvalue weighted by atomic mass is 9.53. The lowest BCUT2D eigenvalue weighted by Crippen LogP contribution is -2.59. The van der Waals surface area contributed by atoms with E-state index in [9.17, 15) is 4.79 Å². The Bertz CT molecular complexity index is 969. The number of allylic oxidation sites excluding steroid dienone is 1. The van der Waals surface area contributed by atoms with Crippen LogP contribution in [0.1, 0.15) is 63.4 Å². The monoisotopic (exact) mass is 466 g/mol. The van der Waals surface area contributed by atoms with E-state index in [0.717, 1.165) is 80.1 Å². The van der Waals surface area contributed by atoms with E-state index in [2.05, 4.69) is 35.5 Å². The second-order valence-corrected chi connectivity index (χ2v) is 11.7. The van der Waals surface area contributed by atoms with Crippen LogP contribution in [0, 0.1) is 17.8 Å². The third-order valence-corrected chi connectivity index (χ3v) is 9.70. The Balaban J connectivity index is 1.19. The molecule has 0 aromatic heterocycles. The first-order chi connectivity index (χ1) is 16.4. The Labute approximate surface area is 203 Å². The lowest BCUT2D eigenvalue weighted by molar-refractivity contribution is -0.0178. The predicted molar refractivity (Wildman–Crippen MR) is 130 cm³/mol. The minimum absolute atomic E-state index is 0.00242. The number of benzene rings is 1. The van der Waals surface area contributed by atoms with Crippen LogP contribution in [-0.4, -0.2) is 50.4 Å². The van der Waals surface area contributed by atoms with E-state index in [0.29, 0.717) is 0 Å². The average Bonchev–Trinajstić information content (AvgIpc) is 3.14. The third-order valence-electron chi connectivity index (χ3n) is 9.70. The molecule has 0 spiro atoms. The summed E-state index contributed by atoms with van der Waals surface area (Å²) in [6, 6.07) is 6.51. The molecular weight excluding hydrogens is 428 g/mol. The van der Waals surface area contributed by atoms with E-state index in [1.807, 2.05) is 6.07 Å². The molecule has 1 N–H and O–H groups in total. The number of carbonyl (C=O) groups is 1. The molecule has 4 saturated carbocycles. The van der Waals surface area contributed by atoms with E-state index in [1.54, 1.807) is 14.2 Å². The van der Waals surface area contributed by atoms with Crippen LogP contribution in [0.5, 0.6) is 11.5 Å². The molecule has 1 aromatic carbocycles. The van der Waals surface area contributed by atoms with Gasteiger partial charge in [0.25, 0.3) is 0 Å². The zero-order chi connectivity index (χ0) is 23.5. The van der Waals surface area contributed by atoms with Gasteiger partial charge in [-0.25, -0.2) is 4.79 Å². The second-order valence-electron chi connectivity index (χ2n) is 11.7. The van der Waals surface area contributed by atoms with Gasteiger partial charge in [-0.3, -0.25) is 4.90 Å². The van der Waals surface area contributed by atoms with Crippen molar-refractivity contribution in [3.8, 4) is 11.5 Å². The zero-order valence-electron chi connectivity index (χ0n) is 20.8. The SMILES string of the molecule is COc1ccc([C@@]23CCC(OC(=O)NC45CC6CC(CC(C6)C4)C5)=C[C@@H]2N(C)CC3)cc1OC. The van der Waals surface area contributed by atoms with Crippen LogP contribution in [0.15, 0.2) is 30.0 Å². The highest BCUT2D eigenvalue weighted by Gasteiger charge is 2.52. The Morgan fingerprint density at radius 3 is 2.32 bits per heavy atom. The van der Waals surface area contributed by atoms with E-state index in [4.69, 9.17) is 14.2 Å². The standard InChI is InChI=1S/C28H38N2O4/c1-30-9-8-28(21-4-5-23(32-2)24(13-21)33-3)7-6-22(14-25(28)30)34-26(31)29-27-15-18-10-19(16-27)12-20(11-18)17-27/h4-5,13-14,18-20,25H,6-12,15-17H2,1-3H3,(H,29,31)/t18?,19?,20?,25-,27?,28-/m0/s1. The molecule has 184 valence electrons. The fraction of sp³-hybridized carbons (Fsp3) is 0.679. The summed E-state index contributed by atoms with van der Waals surface area (Å²) in [6.45, 7) is 1.02. The highest BCUT2D eigenvalue weighted by atomic mass is 16.6. The van der Waals surface area contributed by atoms with Crippen LogP contribution in [0.3, 0.4) is 0 Å². The normalized spacial score (nSPS) is 38.3. The number of likely N-dealkylation sites (tertiary alicyclic amines) is 1. The minimum Gasteiger partial charge on any atom is -0.493 e. The van der Waals surface area contributed by atoms with Gasteiger partial charge < -0.3 is 19.5 Å². The minimum atomic E-state index is -0.243. The number of alkyl carbamates (subject to hydrolysis) is 1. The molecule has 7 rings (SSSR count). The molecule has 5 aliphatic carbocycles. The van der Waals surface area contributed by atoms with E-state index in [1.165, 1.54) is 24.8 Å². The van der Waals surface area contributed by atoms with Crippen LogP contribution in [0.2, 0.25) is 0 Å². The summed E-state index contributed by atoms with van der Waals surface area (Å²) < 4.78 is 17.0. The first-order valence-electron chi connectivity index (χ1n) is 13.1. The van der Waals surface area contributed by atoms with Crippen molar-refractivity contribution in [2.24, 2.45) is 17.8 Å². The van der Waals surface area contributed by atoms with Crippen molar-refractivity contribution in [3.63, 3.8) is 0 Å². The van der Waals surface area contributed by atoms with Crippen molar-refractivity contribution in [3.05, 3.63) is 35.6 Å². The van der Waals surface area contributed by atoms with Crippen LogP contribution in [0.4, 0.5) is 4.79 Å². The highest BCUT2D eigenvalue weighted by Crippen LogP contribution is 2.56. The first-order valence-corrected chi connectivity index (χ1v) is 13.1. The number of likely N-dealkylation sites (N-methyl/N-ethyl adjacent to an activating group) is 1. The fourth-order valence-corrected chi connectivity index (χ4v) is 8.57. The topological polar surface area (TPSA) is 60.0 Å². The molecule has 1 aromatic rings. The molecule has 6 nitrogen and oxygen atoms in total. The van der Waals surface area contributed by atoms with Crippen molar-refractivity contribution in [1.82, 2.24) is 10.2 Å². The van der Waals surface area contributed by atoms with Gasteiger partial charge in [-0.2, -0.15) is 0 Å². The molecule has 0 unspecified atom stereocenters. The summed E-state index contributed by atoms with van der Waals surface area (Å²) in [5.41, 5.74) is 1.25. The van der Waals surface area contributed by atoms with Crippen molar-refractivity contribution in [1.29, 1.82) is 0 Å². The zero-order valence-corrected chi connectivity index (χ0v) is 20.8. The maximum Gasteiger partial charge on any atom is 0.412 e. The Hall–Kier alpha value is -2.21. The van der Waals surface area contributed by atoms with Gasteiger partial charge >= 0.3 is 6.09 Å². The average molecular weight is 467 g/mol. The number of fused-ring (bicyclic) bond motifs is 1.